The molecule has 1 heterocycles. The van der Waals surface area contributed by atoms with Crippen molar-refractivity contribution in [3.8, 4) is 0 Å². The minimum atomic E-state index is -0.924. The van der Waals surface area contributed by atoms with E-state index >= 15 is 0 Å². The van der Waals surface area contributed by atoms with Gasteiger partial charge in [0.1, 0.15) is 17.6 Å². The highest BCUT2D eigenvalue weighted by Gasteiger charge is 2.35. The fourth-order valence-corrected chi connectivity index (χ4v) is 4.29. The normalized spacial score (nSPS) is 15.0. The first-order chi connectivity index (χ1) is 16.0. The maximum Gasteiger partial charge on any atom is 0.277 e. The van der Waals surface area contributed by atoms with Crippen LogP contribution in [-0.4, -0.2) is 22.8 Å². The van der Waals surface area contributed by atoms with E-state index in [1.54, 1.807) is 24.4 Å². The Morgan fingerprint density at radius 3 is 2.30 bits per heavy atom. The molecule has 1 atom stereocenters. The summed E-state index contributed by atoms with van der Waals surface area (Å²) in [6.45, 7) is 1.97. The van der Waals surface area contributed by atoms with Gasteiger partial charge >= 0.3 is 0 Å². The largest absolute Gasteiger partial charge is 0.351 e. The Bertz CT molecular complexity index is 1080. The van der Waals surface area contributed by atoms with Crippen LogP contribution in [-0.2, 0) is 4.79 Å². The Morgan fingerprint density at radius 1 is 0.970 bits per heavy atom. The Balaban J connectivity index is 1.79. The molecule has 6 heteroatoms. The fourth-order valence-electron chi connectivity index (χ4n) is 4.29. The lowest BCUT2D eigenvalue weighted by Gasteiger charge is -2.33. The number of rotatable bonds is 6. The molecule has 4 rings (SSSR count). The van der Waals surface area contributed by atoms with Crippen molar-refractivity contribution in [3.63, 3.8) is 0 Å². The van der Waals surface area contributed by atoms with Gasteiger partial charge in [0.25, 0.3) is 5.91 Å². The third kappa shape index (κ3) is 5.45. The van der Waals surface area contributed by atoms with Gasteiger partial charge in [-0.15, -0.1) is 0 Å². The lowest BCUT2D eigenvalue weighted by molar-refractivity contribution is -0.123. The lowest BCUT2D eigenvalue weighted by Crippen LogP contribution is -2.47. The molecule has 1 N–H and O–H groups in total. The van der Waals surface area contributed by atoms with Crippen LogP contribution in [0.4, 0.5) is 10.1 Å². The van der Waals surface area contributed by atoms with Crippen LogP contribution in [0.25, 0.3) is 0 Å². The van der Waals surface area contributed by atoms with E-state index in [1.807, 2.05) is 31.2 Å². The standard InChI is InChI=1S/C27H28FN3O2/c1-19-10-12-20(13-11-19)25(26(32)30-22-7-3-2-4-8-22)31(23-16-14-21(28)15-17-23)27(33)24-9-5-6-18-29-24/h5-6,9-18,22,25H,2-4,7-8H2,1H3,(H,30,32)/t25-/m1/s1. The predicted molar refractivity (Wildman–Crippen MR) is 126 cm³/mol. The summed E-state index contributed by atoms with van der Waals surface area (Å²) in [7, 11) is 0. The van der Waals surface area contributed by atoms with E-state index in [2.05, 4.69) is 10.3 Å². The minimum Gasteiger partial charge on any atom is -0.351 e. The van der Waals surface area contributed by atoms with Gasteiger partial charge in [-0.1, -0.05) is 55.2 Å². The number of nitrogens with zero attached hydrogens (tertiary/aromatic N) is 2. The molecule has 5 nitrogen and oxygen atoms in total. The number of carbonyl (C=O) groups excluding carboxylic acids is 2. The van der Waals surface area contributed by atoms with E-state index in [0.29, 0.717) is 11.3 Å². The van der Waals surface area contributed by atoms with Crippen molar-refractivity contribution in [1.82, 2.24) is 10.3 Å². The first kappa shape index (κ1) is 22.6. The van der Waals surface area contributed by atoms with Crippen molar-refractivity contribution in [2.45, 2.75) is 51.1 Å². The van der Waals surface area contributed by atoms with Crippen molar-refractivity contribution in [3.05, 3.63) is 95.6 Å². The van der Waals surface area contributed by atoms with E-state index in [1.165, 1.54) is 35.6 Å². The molecule has 0 radical (unpaired) electrons. The Labute approximate surface area is 193 Å². The molecular weight excluding hydrogens is 417 g/mol. The highest BCUT2D eigenvalue weighted by atomic mass is 19.1. The number of nitrogens with one attached hydrogen (secondary N) is 1. The summed E-state index contributed by atoms with van der Waals surface area (Å²) in [5, 5.41) is 3.17. The fraction of sp³-hybridized carbons (Fsp3) is 0.296. The lowest BCUT2D eigenvalue weighted by atomic mass is 9.94. The summed E-state index contributed by atoms with van der Waals surface area (Å²) in [6.07, 6.45) is 6.73. The first-order valence-electron chi connectivity index (χ1n) is 11.4. The molecule has 2 amide bonds. The van der Waals surface area contributed by atoms with Crippen molar-refractivity contribution < 1.29 is 14.0 Å². The number of hydrogen-bond donors (Lipinski definition) is 1. The van der Waals surface area contributed by atoms with Crippen LogP contribution in [0.15, 0.2) is 72.9 Å². The quantitative estimate of drug-likeness (QED) is 0.555. The second-order valence-electron chi connectivity index (χ2n) is 8.52. The van der Waals surface area contributed by atoms with Gasteiger partial charge in [0.05, 0.1) is 0 Å². The van der Waals surface area contributed by atoms with E-state index < -0.39 is 17.8 Å². The van der Waals surface area contributed by atoms with E-state index in [-0.39, 0.29) is 17.6 Å². The van der Waals surface area contributed by atoms with Crippen molar-refractivity contribution in [2.75, 3.05) is 4.90 Å². The zero-order chi connectivity index (χ0) is 23.2. The second-order valence-corrected chi connectivity index (χ2v) is 8.52. The number of anilines is 1. The summed E-state index contributed by atoms with van der Waals surface area (Å²) in [6, 6.07) is 17.4. The molecule has 1 aliphatic carbocycles. The molecule has 0 spiro atoms. The molecule has 1 aliphatic rings. The van der Waals surface area contributed by atoms with E-state index in [4.69, 9.17) is 0 Å². The van der Waals surface area contributed by atoms with Crippen LogP contribution in [0.5, 0.6) is 0 Å². The van der Waals surface area contributed by atoms with Crippen LogP contribution in [0.3, 0.4) is 0 Å². The second kappa shape index (κ2) is 10.4. The van der Waals surface area contributed by atoms with Crippen LogP contribution in [0.1, 0.15) is 59.8 Å². The number of halogens is 1. The zero-order valence-corrected chi connectivity index (χ0v) is 18.7. The molecule has 33 heavy (non-hydrogen) atoms. The number of aryl methyl sites for hydroxylation is 1. The number of aromatic nitrogens is 1. The smallest absolute Gasteiger partial charge is 0.277 e. The zero-order valence-electron chi connectivity index (χ0n) is 18.7. The molecule has 2 aromatic carbocycles. The third-order valence-corrected chi connectivity index (χ3v) is 6.06. The van der Waals surface area contributed by atoms with Gasteiger partial charge in [0.2, 0.25) is 5.91 Å². The molecule has 0 unspecified atom stereocenters. The summed E-state index contributed by atoms with van der Waals surface area (Å²) in [5.74, 6) is -1.09. The van der Waals surface area contributed by atoms with Gasteiger partial charge in [-0.25, -0.2) is 4.39 Å². The molecule has 0 saturated heterocycles. The maximum absolute atomic E-state index is 13.7. The SMILES string of the molecule is Cc1ccc([C@H](C(=O)NC2CCCCC2)N(C(=O)c2ccccn2)c2ccc(F)cc2)cc1. The summed E-state index contributed by atoms with van der Waals surface area (Å²) in [4.78, 5) is 33.0. The Morgan fingerprint density at radius 2 is 1.67 bits per heavy atom. The summed E-state index contributed by atoms with van der Waals surface area (Å²) < 4.78 is 13.7. The van der Waals surface area contributed by atoms with Gasteiger partial charge in [-0.05, 0) is 61.7 Å². The average molecular weight is 446 g/mol. The molecule has 3 aromatic rings. The molecule has 0 aliphatic heterocycles. The number of pyridine rings is 1. The molecule has 170 valence electrons. The van der Waals surface area contributed by atoms with Gasteiger partial charge in [-0.2, -0.15) is 0 Å². The maximum atomic E-state index is 13.7. The molecule has 1 aromatic heterocycles. The topological polar surface area (TPSA) is 62.3 Å². The van der Waals surface area contributed by atoms with E-state index in [9.17, 15) is 14.0 Å². The van der Waals surface area contributed by atoms with Crippen LogP contribution in [0, 0.1) is 12.7 Å². The number of amides is 2. The molecule has 1 fully saturated rings. The van der Waals surface area contributed by atoms with Crippen molar-refractivity contribution in [1.29, 1.82) is 0 Å². The first-order valence-corrected chi connectivity index (χ1v) is 11.4. The molecule has 0 bridgehead atoms. The predicted octanol–water partition coefficient (Wildman–Crippen LogP) is 5.37. The Hall–Kier alpha value is -3.54. The highest BCUT2D eigenvalue weighted by Crippen LogP contribution is 2.31. The summed E-state index contributed by atoms with van der Waals surface area (Å²) in [5.41, 5.74) is 2.37. The van der Waals surface area contributed by atoms with Gasteiger partial charge in [-0.3, -0.25) is 19.5 Å². The monoisotopic (exact) mass is 445 g/mol. The van der Waals surface area contributed by atoms with Gasteiger partial charge in [0, 0.05) is 17.9 Å². The highest BCUT2D eigenvalue weighted by molar-refractivity contribution is 6.09. The third-order valence-electron chi connectivity index (χ3n) is 6.06. The number of carbonyl (C=O) groups is 2. The number of hydrogen-bond acceptors (Lipinski definition) is 3. The minimum absolute atomic E-state index is 0.0826. The van der Waals surface area contributed by atoms with Crippen molar-refractivity contribution in [2.24, 2.45) is 0 Å². The molecular formula is C27H28FN3O2. The van der Waals surface area contributed by atoms with E-state index in [0.717, 1.165) is 31.2 Å². The molecule has 1 saturated carbocycles. The van der Waals surface area contributed by atoms with Gasteiger partial charge in [0.15, 0.2) is 0 Å². The van der Waals surface area contributed by atoms with Crippen molar-refractivity contribution >= 4 is 17.5 Å². The average Bonchev–Trinajstić information content (AvgIpc) is 2.85. The van der Waals surface area contributed by atoms with Crippen LogP contribution in [0.2, 0.25) is 0 Å². The van der Waals surface area contributed by atoms with Crippen LogP contribution < -0.4 is 10.2 Å². The van der Waals surface area contributed by atoms with Gasteiger partial charge < -0.3 is 5.32 Å². The Kier molecular flexibility index (Phi) is 7.13. The van der Waals surface area contributed by atoms with Crippen LogP contribution >= 0.6 is 0 Å². The summed E-state index contributed by atoms with van der Waals surface area (Å²) >= 11 is 0. The number of benzene rings is 2.